The van der Waals surface area contributed by atoms with Gasteiger partial charge in [-0.25, -0.2) is 0 Å². The smallest absolute Gasteiger partial charge is 0.220 e. The van der Waals surface area contributed by atoms with Crippen LogP contribution in [0.1, 0.15) is 49.8 Å². The Bertz CT molecular complexity index is 684. The van der Waals surface area contributed by atoms with Gasteiger partial charge in [-0.3, -0.25) is 4.79 Å². The highest BCUT2D eigenvalue weighted by molar-refractivity contribution is 5.82. The van der Waals surface area contributed by atoms with Gasteiger partial charge in [-0.1, -0.05) is 37.5 Å². The fourth-order valence-electron chi connectivity index (χ4n) is 3.73. The molecular formula is C19H26N2O2. The van der Waals surface area contributed by atoms with Crippen molar-refractivity contribution in [1.29, 1.82) is 0 Å². The van der Waals surface area contributed by atoms with Crippen molar-refractivity contribution in [2.24, 2.45) is 11.1 Å². The second-order valence-corrected chi connectivity index (χ2v) is 6.86. The Labute approximate surface area is 137 Å². The van der Waals surface area contributed by atoms with Crippen LogP contribution in [0.25, 0.3) is 11.0 Å². The highest BCUT2D eigenvalue weighted by Gasteiger charge is 2.32. The summed E-state index contributed by atoms with van der Waals surface area (Å²) in [7, 11) is 0. The highest BCUT2D eigenvalue weighted by atomic mass is 16.3. The average Bonchev–Trinajstić information content (AvgIpc) is 2.90. The number of carbonyl (C=O) groups excluding carboxylic acids is 1. The summed E-state index contributed by atoms with van der Waals surface area (Å²) in [5.74, 6) is 0.919. The van der Waals surface area contributed by atoms with E-state index in [1.807, 2.05) is 31.2 Å². The van der Waals surface area contributed by atoms with E-state index in [0.29, 0.717) is 19.5 Å². The molecule has 1 aliphatic rings. The maximum Gasteiger partial charge on any atom is 0.220 e. The molecule has 0 unspecified atom stereocenters. The summed E-state index contributed by atoms with van der Waals surface area (Å²) in [5, 5.41) is 4.13. The van der Waals surface area contributed by atoms with Crippen LogP contribution in [0.3, 0.4) is 0 Å². The highest BCUT2D eigenvalue weighted by Crippen LogP contribution is 2.38. The molecule has 1 aromatic carbocycles. The number of amides is 1. The molecule has 0 saturated heterocycles. The normalized spacial score (nSPS) is 17.3. The van der Waals surface area contributed by atoms with Gasteiger partial charge in [-0.2, -0.15) is 0 Å². The Morgan fingerprint density at radius 3 is 2.70 bits per heavy atom. The summed E-state index contributed by atoms with van der Waals surface area (Å²) < 4.78 is 5.85. The van der Waals surface area contributed by atoms with Crippen molar-refractivity contribution < 1.29 is 9.21 Å². The number of hydrogen-bond donors (Lipinski definition) is 2. The Kier molecular flexibility index (Phi) is 4.71. The Balaban J connectivity index is 1.62. The maximum absolute atomic E-state index is 12.4. The summed E-state index contributed by atoms with van der Waals surface area (Å²) >= 11 is 0. The minimum absolute atomic E-state index is 0.00521. The van der Waals surface area contributed by atoms with Gasteiger partial charge in [0, 0.05) is 17.4 Å². The number of rotatable bonds is 5. The van der Waals surface area contributed by atoms with Gasteiger partial charge < -0.3 is 15.5 Å². The van der Waals surface area contributed by atoms with E-state index in [1.54, 1.807) is 0 Å². The number of fused-ring (bicyclic) bond motifs is 1. The Hall–Kier alpha value is -1.81. The fourth-order valence-corrected chi connectivity index (χ4v) is 3.73. The zero-order valence-electron chi connectivity index (χ0n) is 13.9. The molecule has 2 aromatic rings. The molecule has 1 aliphatic carbocycles. The average molecular weight is 314 g/mol. The molecule has 0 aliphatic heterocycles. The van der Waals surface area contributed by atoms with Crippen LogP contribution in [0.15, 0.2) is 28.7 Å². The molecule has 1 fully saturated rings. The topological polar surface area (TPSA) is 68.3 Å². The molecule has 0 bridgehead atoms. The van der Waals surface area contributed by atoms with Gasteiger partial charge in [0.15, 0.2) is 0 Å². The molecule has 1 heterocycles. The third kappa shape index (κ3) is 3.42. The van der Waals surface area contributed by atoms with Crippen molar-refractivity contribution in [3.8, 4) is 0 Å². The zero-order valence-corrected chi connectivity index (χ0v) is 13.9. The molecule has 1 aromatic heterocycles. The molecule has 1 saturated carbocycles. The molecule has 1 amide bonds. The van der Waals surface area contributed by atoms with Crippen LogP contribution in [0.5, 0.6) is 0 Å². The molecule has 4 heteroatoms. The van der Waals surface area contributed by atoms with Crippen LogP contribution < -0.4 is 11.1 Å². The van der Waals surface area contributed by atoms with Crippen LogP contribution >= 0.6 is 0 Å². The predicted octanol–water partition coefficient (Wildman–Crippen LogP) is 3.66. The van der Waals surface area contributed by atoms with Gasteiger partial charge in [0.25, 0.3) is 0 Å². The van der Waals surface area contributed by atoms with E-state index in [-0.39, 0.29) is 11.3 Å². The first kappa shape index (κ1) is 16.1. The molecule has 23 heavy (non-hydrogen) atoms. The summed E-state index contributed by atoms with van der Waals surface area (Å²) in [4.78, 5) is 12.4. The molecule has 4 nitrogen and oxygen atoms in total. The Morgan fingerprint density at radius 1 is 1.26 bits per heavy atom. The van der Waals surface area contributed by atoms with E-state index >= 15 is 0 Å². The number of furan rings is 1. The minimum atomic E-state index is 0.00521. The van der Waals surface area contributed by atoms with E-state index < -0.39 is 0 Å². The largest absolute Gasteiger partial charge is 0.459 e. The summed E-state index contributed by atoms with van der Waals surface area (Å²) in [6.07, 6.45) is 6.31. The van der Waals surface area contributed by atoms with Gasteiger partial charge in [0.05, 0.1) is 6.54 Å². The third-order valence-electron chi connectivity index (χ3n) is 5.27. The van der Waals surface area contributed by atoms with Crippen LogP contribution in [0.4, 0.5) is 0 Å². The van der Waals surface area contributed by atoms with Crippen molar-refractivity contribution in [2.75, 3.05) is 6.54 Å². The minimum Gasteiger partial charge on any atom is -0.459 e. The molecular weight excluding hydrogens is 288 g/mol. The second kappa shape index (κ2) is 6.75. The van der Waals surface area contributed by atoms with Gasteiger partial charge >= 0.3 is 0 Å². The number of nitrogens with one attached hydrogen (secondary N) is 1. The standard InChI is InChI=1S/C19H26N2O2/c1-14-15-7-3-4-8-16(15)23-17(14)12-21-18(22)11-19(13-20)9-5-2-6-10-19/h3-4,7-8H,2,5-6,9-13,20H2,1H3,(H,21,22). The van der Waals surface area contributed by atoms with E-state index in [1.165, 1.54) is 19.3 Å². The van der Waals surface area contributed by atoms with Crippen molar-refractivity contribution in [2.45, 2.75) is 52.0 Å². The fraction of sp³-hybridized carbons (Fsp3) is 0.526. The van der Waals surface area contributed by atoms with E-state index in [4.69, 9.17) is 10.2 Å². The number of nitrogens with two attached hydrogens (primary N) is 1. The molecule has 3 rings (SSSR count). The van der Waals surface area contributed by atoms with Crippen molar-refractivity contribution in [3.63, 3.8) is 0 Å². The van der Waals surface area contributed by atoms with Crippen molar-refractivity contribution in [1.82, 2.24) is 5.32 Å². The molecule has 124 valence electrons. The quantitative estimate of drug-likeness (QED) is 0.885. The first-order valence-corrected chi connectivity index (χ1v) is 8.57. The lowest BCUT2D eigenvalue weighted by Crippen LogP contribution is -2.38. The molecule has 0 spiro atoms. The number of carbonyl (C=O) groups is 1. The third-order valence-corrected chi connectivity index (χ3v) is 5.27. The molecule has 0 radical (unpaired) electrons. The zero-order chi connectivity index (χ0) is 16.3. The van der Waals surface area contributed by atoms with Crippen molar-refractivity contribution in [3.05, 3.63) is 35.6 Å². The van der Waals surface area contributed by atoms with Crippen LogP contribution in [0.2, 0.25) is 0 Å². The van der Waals surface area contributed by atoms with E-state index in [0.717, 1.165) is 35.1 Å². The second-order valence-electron chi connectivity index (χ2n) is 6.86. The van der Waals surface area contributed by atoms with Crippen molar-refractivity contribution >= 4 is 16.9 Å². The summed E-state index contributed by atoms with van der Waals surface area (Å²) in [6, 6.07) is 7.97. The molecule has 0 atom stereocenters. The first-order chi connectivity index (χ1) is 11.1. The van der Waals surface area contributed by atoms with Gasteiger partial charge in [0.1, 0.15) is 11.3 Å². The number of benzene rings is 1. The lowest BCUT2D eigenvalue weighted by molar-refractivity contribution is -0.124. The van der Waals surface area contributed by atoms with Crippen LogP contribution in [-0.4, -0.2) is 12.5 Å². The number of aryl methyl sites for hydroxylation is 1. The number of hydrogen-bond acceptors (Lipinski definition) is 3. The SMILES string of the molecule is Cc1c(CNC(=O)CC2(CN)CCCCC2)oc2ccccc12. The van der Waals surface area contributed by atoms with E-state index in [2.05, 4.69) is 5.32 Å². The van der Waals surface area contributed by atoms with Gasteiger partial charge in [-0.15, -0.1) is 0 Å². The van der Waals surface area contributed by atoms with Crippen LogP contribution in [0, 0.1) is 12.3 Å². The van der Waals surface area contributed by atoms with Crippen LogP contribution in [-0.2, 0) is 11.3 Å². The molecule has 3 N–H and O–H groups in total. The lowest BCUT2D eigenvalue weighted by atomic mass is 9.71. The summed E-state index contributed by atoms with van der Waals surface area (Å²) in [5.41, 5.74) is 7.95. The van der Waals surface area contributed by atoms with Gasteiger partial charge in [-0.05, 0) is 37.8 Å². The maximum atomic E-state index is 12.4. The monoisotopic (exact) mass is 314 g/mol. The predicted molar refractivity (Wildman–Crippen MR) is 92.0 cm³/mol. The van der Waals surface area contributed by atoms with E-state index in [9.17, 15) is 4.79 Å². The summed E-state index contributed by atoms with van der Waals surface area (Å²) in [6.45, 7) is 3.08. The first-order valence-electron chi connectivity index (χ1n) is 8.57. The Morgan fingerprint density at radius 2 is 2.00 bits per heavy atom. The lowest BCUT2D eigenvalue weighted by Gasteiger charge is -2.35. The number of para-hydroxylation sites is 1. The van der Waals surface area contributed by atoms with Gasteiger partial charge in [0.2, 0.25) is 5.91 Å².